The van der Waals surface area contributed by atoms with Crippen LogP contribution in [0.25, 0.3) is 50.3 Å². The van der Waals surface area contributed by atoms with Gasteiger partial charge in [-0.3, -0.25) is 4.40 Å². The number of benzene rings is 2. The Morgan fingerprint density at radius 1 is 0.892 bits per heavy atom. The minimum atomic E-state index is -0.202. The lowest BCUT2D eigenvalue weighted by Gasteiger charge is -2.38. The third-order valence-corrected chi connectivity index (χ3v) is 7.37. The van der Waals surface area contributed by atoms with Gasteiger partial charge in [-0.25, -0.2) is 15.0 Å². The molecule has 8 nitrogen and oxygen atoms in total. The molecule has 0 saturated heterocycles. The molecule has 1 aliphatic carbocycles. The van der Waals surface area contributed by atoms with Gasteiger partial charge in [-0.15, -0.1) is 10.2 Å². The Balaban J connectivity index is 1.43. The van der Waals surface area contributed by atoms with Gasteiger partial charge in [-0.05, 0) is 42.5 Å². The molecule has 0 aliphatic heterocycles. The Kier molecular flexibility index (Phi) is 4.77. The van der Waals surface area contributed by atoms with Crippen molar-refractivity contribution in [2.24, 2.45) is 5.73 Å². The lowest BCUT2D eigenvalue weighted by Crippen LogP contribution is -2.43. The highest BCUT2D eigenvalue weighted by Crippen LogP contribution is 2.40. The average Bonchev–Trinajstić information content (AvgIpc) is 3.36. The van der Waals surface area contributed by atoms with Crippen molar-refractivity contribution in [3.8, 4) is 39.7 Å². The fraction of sp³-hybridized carbons (Fsp3) is 0.138. The van der Waals surface area contributed by atoms with Gasteiger partial charge in [-0.2, -0.15) is 0 Å². The number of hydrogen-bond donors (Lipinski definition) is 2. The molecule has 7 rings (SSSR count). The van der Waals surface area contributed by atoms with Gasteiger partial charge in [0.1, 0.15) is 11.9 Å². The van der Waals surface area contributed by atoms with E-state index in [1.54, 1.807) is 0 Å². The molecule has 0 amide bonds. The minimum absolute atomic E-state index is 0.146. The highest BCUT2D eigenvalue weighted by molar-refractivity contribution is 5.98. The Bertz CT molecular complexity index is 1770. The zero-order valence-corrected chi connectivity index (χ0v) is 19.9. The number of aromatic nitrogens is 6. The Hall–Kier alpha value is -4.69. The first kappa shape index (κ1) is 21.6. The van der Waals surface area contributed by atoms with Crippen LogP contribution >= 0.6 is 0 Å². The van der Waals surface area contributed by atoms with Crippen molar-refractivity contribution in [3.05, 3.63) is 91.0 Å². The van der Waals surface area contributed by atoms with Gasteiger partial charge >= 0.3 is 0 Å². The number of rotatable bonds is 4. The fourth-order valence-corrected chi connectivity index (χ4v) is 5.12. The van der Waals surface area contributed by atoms with Crippen LogP contribution in [0.4, 0.5) is 0 Å². The quantitative estimate of drug-likeness (QED) is 0.356. The smallest absolute Gasteiger partial charge is 0.225 e. The summed E-state index contributed by atoms with van der Waals surface area (Å²) in [5.41, 5.74) is 13.4. The number of pyridine rings is 2. The SMILES string of the molecule is NC1(c2ccc(-c3nc4ccn5c(-c6cncnc6O)nnc5c4cc3-c3ccccc3)cc2)CCC1. The highest BCUT2D eigenvalue weighted by atomic mass is 16.3. The van der Waals surface area contributed by atoms with E-state index in [0.717, 1.165) is 46.1 Å². The first-order valence-corrected chi connectivity index (χ1v) is 12.2. The maximum Gasteiger partial charge on any atom is 0.225 e. The second kappa shape index (κ2) is 8.18. The van der Waals surface area contributed by atoms with E-state index >= 15 is 0 Å². The van der Waals surface area contributed by atoms with Crippen LogP contribution in [0.2, 0.25) is 0 Å². The lowest BCUT2D eigenvalue weighted by molar-refractivity contribution is 0.253. The molecule has 6 aromatic rings. The third kappa shape index (κ3) is 3.45. The summed E-state index contributed by atoms with van der Waals surface area (Å²) >= 11 is 0. The molecular weight excluding hydrogens is 462 g/mol. The zero-order valence-electron chi connectivity index (χ0n) is 19.9. The van der Waals surface area contributed by atoms with Gasteiger partial charge in [-0.1, -0.05) is 54.6 Å². The van der Waals surface area contributed by atoms with Crippen molar-refractivity contribution in [2.45, 2.75) is 24.8 Å². The summed E-state index contributed by atoms with van der Waals surface area (Å²) in [5, 5.41) is 19.9. The molecule has 8 heteroatoms. The molecule has 1 saturated carbocycles. The zero-order chi connectivity index (χ0) is 25.0. The van der Waals surface area contributed by atoms with Crippen molar-refractivity contribution in [3.63, 3.8) is 0 Å². The lowest BCUT2D eigenvalue weighted by atomic mass is 9.72. The monoisotopic (exact) mass is 485 g/mol. The molecule has 0 atom stereocenters. The van der Waals surface area contributed by atoms with E-state index in [1.807, 2.05) is 34.9 Å². The molecule has 0 unspecified atom stereocenters. The summed E-state index contributed by atoms with van der Waals surface area (Å²) in [4.78, 5) is 13.0. The van der Waals surface area contributed by atoms with E-state index in [0.29, 0.717) is 17.0 Å². The van der Waals surface area contributed by atoms with Crippen LogP contribution < -0.4 is 5.73 Å². The molecule has 3 N–H and O–H groups in total. The average molecular weight is 486 g/mol. The summed E-state index contributed by atoms with van der Waals surface area (Å²) in [6.07, 6.45) is 7.91. The fourth-order valence-electron chi connectivity index (χ4n) is 5.12. The first-order valence-electron chi connectivity index (χ1n) is 12.2. The topological polar surface area (TPSA) is 115 Å². The van der Waals surface area contributed by atoms with Crippen molar-refractivity contribution >= 4 is 16.6 Å². The number of hydrogen-bond acceptors (Lipinski definition) is 7. The molecule has 37 heavy (non-hydrogen) atoms. The van der Waals surface area contributed by atoms with E-state index in [-0.39, 0.29) is 11.4 Å². The Morgan fingerprint density at radius 2 is 1.70 bits per heavy atom. The maximum absolute atomic E-state index is 10.2. The van der Waals surface area contributed by atoms with E-state index < -0.39 is 0 Å². The Labute approximate surface area is 212 Å². The Morgan fingerprint density at radius 3 is 2.43 bits per heavy atom. The number of aromatic hydroxyl groups is 1. The maximum atomic E-state index is 10.2. The number of fused-ring (bicyclic) bond motifs is 3. The first-order chi connectivity index (χ1) is 18.1. The second-order valence-electron chi connectivity index (χ2n) is 9.56. The van der Waals surface area contributed by atoms with E-state index in [2.05, 4.69) is 62.6 Å². The summed E-state index contributed by atoms with van der Waals surface area (Å²) in [7, 11) is 0. The van der Waals surface area contributed by atoms with Crippen molar-refractivity contribution in [1.29, 1.82) is 0 Å². The van der Waals surface area contributed by atoms with E-state index in [1.165, 1.54) is 24.5 Å². The van der Waals surface area contributed by atoms with Gasteiger partial charge in [0.15, 0.2) is 11.5 Å². The van der Waals surface area contributed by atoms with Crippen LogP contribution in [0, 0.1) is 0 Å². The minimum Gasteiger partial charge on any atom is -0.493 e. The molecule has 4 heterocycles. The molecular formula is C29H23N7O. The van der Waals surface area contributed by atoms with Crippen LogP contribution in [0.5, 0.6) is 5.88 Å². The van der Waals surface area contributed by atoms with Gasteiger partial charge in [0.25, 0.3) is 0 Å². The predicted octanol–water partition coefficient (Wildman–Crippen LogP) is 5.11. The van der Waals surface area contributed by atoms with Crippen molar-refractivity contribution < 1.29 is 5.11 Å². The summed E-state index contributed by atoms with van der Waals surface area (Å²) < 4.78 is 1.82. The summed E-state index contributed by atoms with van der Waals surface area (Å²) in [6, 6.07) is 22.8. The third-order valence-electron chi connectivity index (χ3n) is 7.37. The number of nitrogens with zero attached hydrogens (tertiary/aromatic N) is 6. The van der Waals surface area contributed by atoms with Gasteiger partial charge in [0.2, 0.25) is 5.88 Å². The number of nitrogens with two attached hydrogens (primary N) is 1. The van der Waals surface area contributed by atoms with E-state index in [9.17, 15) is 5.11 Å². The van der Waals surface area contributed by atoms with Crippen molar-refractivity contribution in [1.82, 2.24) is 29.5 Å². The molecule has 180 valence electrons. The van der Waals surface area contributed by atoms with Crippen LogP contribution in [0.15, 0.2) is 85.5 Å². The molecule has 0 spiro atoms. The highest BCUT2D eigenvalue weighted by Gasteiger charge is 2.34. The van der Waals surface area contributed by atoms with Gasteiger partial charge < -0.3 is 10.8 Å². The van der Waals surface area contributed by atoms with Crippen molar-refractivity contribution in [2.75, 3.05) is 0 Å². The van der Waals surface area contributed by atoms with Crippen LogP contribution in [-0.2, 0) is 5.54 Å². The van der Waals surface area contributed by atoms with Crippen LogP contribution in [0.3, 0.4) is 0 Å². The van der Waals surface area contributed by atoms with Crippen LogP contribution in [-0.4, -0.2) is 34.7 Å². The predicted molar refractivity (Wildman–Crippen MR) is 142 cm³/mol. The largest absolute Gasteiger partial charge is 0.493 e. The molecule has 1 aliphatic rings. The normalized spacial score (nSPS) is 14.6. The summed E-state index contributed by atoms with van der Waals surface area (Å²) in [6.45, 7) is 0. The molecule has 2 aromatic carbocycles. The van der Waals surface area contributed by atoms with E-state index in [4.69, 9.17) is 10.7 Å². The molecule has 0 radical (unpaired) electrons. The molecule has 1 fully saturated rings. The standard InChI is InChI=1S/C29H23N7O/c30-29(12-4-13-29)20-9-7-19(8-10-20)25-21(18-5-2-1-3-6-18)15-22-24(33-25)11-14-36-26(22)34-35-27(36)23-16-31-17-32-28(23)37/h1-3,5-11,14-17H,4,12-13,30H2,(H,31,32,37). The molecule has 4 aromatic heterocycles. The molecule has 0 bridgehead atoms. The van der Waals surface area contributed by atoms with Gasteiger partial charge in [0.05, 0.1) is 11.2 Å². The second-order valence-corrected chi connectivity index (χ2v) is 9.56. The van der Waals surface area contributed by atoms with Crippen LogP contribution in [0.1, 0.15) is 24.8 Å². The van der Waals surface area contributed by atoms with Gasteiger partial charge in [0, 0.05) is 34.4 Å². The summed E-state index contributed by atoms with van der Waals surface area (Å²) in [5.74, 6) is 0.315.